The monoisotopic (exact) mass is 479 g/mol. The molecule has 3 aromatic rings. The average molecular weight is 480 g/mol. The Kier molecular flexibility index (Phi) is 6.86. The van der Waals surface area contributed by atoms with Crippen molar-refractivity contribution in [3.8, 4) is 0 Å². The number of anilines is 3. The predicted octanol–water partition coefficient (Wildman–Crippen LogP) is 3.55. The van der Waals surface area contributed by atoms with Gasteiger partial charge in [0.2, 0.25) is 11.9 Å². The molecule has 1 aliphatic rings. The Hall–Kier alpha value is -3.28. The van der Waals surface area contributed by atoms with E-state index in [-0.39, 0.29) is 32.0 Å². The van der Waals surface area contributed by atoms with Crippen molar-refractivity contribution in [1.29, 1.82) is 0 Å². The summed E-state index contributed by atoms with van der Waals surface area (Å²) in [6.07, 6.45) is -3.13. The molecule has 0 saturated carbocycles. The molecule has 1 atom stereocenters. The highest BCUT2D eigenvalue weighted by atomic mass is 32.1. The quantitative estimate of drug-likeness (QED) is 0.582. The lowest BCUT2D eigenvalue weighted by Gasteiger charge is -2.32. The van der Waals surface area contributed by atoms with E-state index in [4.69, 9.17) is 0 Å². The number of hydrogen-bond acceptors (Lipinski definition) is 6. The van der Waals surface area contributed by atoms with Gasteiger partial charge in [0.1, 0.15) is 11.7 Å². The van der Waals surface area contributed by atoms with Gasteiger partial charge in [-0.1, -0.05) is 24.3 Å². The third kappa shape index (κ3) is 5.21. The molecule has 3 heterocycles. The van der Waals surface area contributed by atoms with Gasteiger partial charge in [0.15, 0.2) is 11.5 Å². The maximum Gasteiger partial charge on any atom is 0.435 e. The first-order chi connectivity index (χ1) is 15.1. The molecule has 33 heavy (non-hydrogen) atoms. The number of likely N-dealkylation sites (N-methyl/N-ethyl adjacent to an activating group) is 1. The number of aryl methyl sites for hydroxylation is 1. The number of carbonyl (C=O) groups is 1. The molecule has 2 N–H and O–H groups in total. The van der Waals surface area contributed by atoms with E-state index in [1.165, 1.54) is 10.9 Å². The summed E-state index contributed by atoms with van der Waals surface area (Å²) in [7, 11) is 1.81. The zero-order chi connectivity index (χ0) is 23.0. The molecule has 0 aliphatic carbocycles. The van der Waals surface area contributed by atoms with Crippen LogP contribution in [0.1, 0.15) is 29.4 Å². The van der Waals surface area contributed by atoms with Crippen LogP contribution >= 0.6 is 13.5 Å². The van der Waals surface area contributed by atoms with Gasteiger partial charge in [-0.05, 0) is 31.0 Å². The molecule has 1 aromatic carbocycles. The molecule has 12 heteroatoms. The highest BCUT2D eigenvalue weighted by Crippen LogP contribution is 2.32. The number of nitrogens with one attached hydrogen (secondary N) is 2. The minimum Gasteiger partial charge on any atom is -0.350 e. The molecule has 0 unspecified atom stereocenters. The van der Waals surface area contributed by atoms with Crippen LogP contribution in [-0.2, 0) is 24.1 Å². The summed E-state index contributed by atoms with van der Waals surface area (Å²) < 4.78 is 39.3. The van der Waals surface area contributed by atoms with Gasteiger partial charge in [-0.2, -0.15) is 36.7 Å². The van der Waals surface area contributed by atoms with Crippen molar-refractivity contribution in [3.63, 3.8) is 0 Å². The summed E-state index contributed by atoms with van der Waals surface area (Å²) in [4.78, 5) is 22.8. The number of fused-ring (bicyclic) bond motifs is 1. The third-order valence-corrected chi connectivity index (χ3v) is 5.36. The number of benzene rings is 1. The molecule has 0 fully saturated rings. The zero-order valence-corrected chi connectivity index (χ0v) is 19.2. The number of rotatable bonds is 5. The molecule has 0 spiro atoms. The van der Waals surface area contributed by atoms with Crippen molar-refractivity contribution in [1.82, 2.24) is 19.7 Å². The molecule has 176 valence electrons. The highest BCUT2D eigenvalue weighted by molar-refractivity contribution is 7.59. The van der Waals surface area contributed by atoms with E-state index in [0.717, 1.165) is 17.2 Å². The minimum atomic E-state index is -4.45. The van der Waals surface area contributed by atoms with Crippen LogP contribution in [0.3, 0.4) is 0 Å². The van der Waals surface area contributed by atoms with Crippen LogP contribution in [0.15, 0.2) is 36.5 Å². The second-order valence-electron chi connectivity index (χ2n) is 7.67. The third-order valence-electron chi connectivity index (χ3n) is 5.36. The van der Waals surface area contributed by atoms with Gasteiger partial charge in [0.25, 0.3) is 0 Å². The number of carbonyl (C=O) groups excluding carboxylic acids is 1. The Morgan fingerprint density at radius 2 is 1.79 bits per heavy atom. The number of nitrogens with zero attached hydrogens (tertiary/aromatic N) is 5. The molecule has 0 radical (unpaired) electrons. The minimum absolute atomic E-state index is 0. The lowest BCUT2D eigenvalue weighted by molar-refractivity contribution is -0.141. The Labute approximate surface area is 195 Å². The molecule has 1 amide bonds. The molecular formula is C21H24F3N7OS. The van der Waals surface area contributed by atoms with E-state index >= 15 is 0 Å². The smallest absolute Gasteiger partial charge is 0.350 e. The normalized spacial score (nSPS) is 15.5. The van der Waals surface area contributed by atoms with Gasteiger partial charge in [0.05, 0.1) is 12.2 Å². The molecule has 0 bridgehead atoms. The lowest BCUT2D eigenvalue weighted by atomic mass is 10.1. The van der Waals surface area contributed by atoms with Gasteiger partial charge in [0, 0.05) is 19.8 Å². The van der Waals surface area contributed by atoms with Crippen LogP contribution in [0.25, 0.3) is 0 Å². The highest BCUT2D eigenvalue weighted by Gasteiger charge is 2.33. The maximum atomic E-state index is 12.7. The summed E-state index contributed by atoms with van der Waals surface area (Å²) in [5, 5.41) is 9.59. The van der Waals surface area contributed by atoms with E-state index in [1.54, 1.807) is 6.92 Å². The zero-order valence-electron chi connectivity index (χ0n) is 18.2. The summed E-state index contributed by atoms with van der Waals surface area (Å²) >= 11 is 0. The van der Waals surface area contributed by atoms with Crippen LogP contribution in [0, 0.1) is 6.92 Å². The fourth-order valence-corrected chi connectivity index (χ4v) is 3.36. The number of alkyl halides is 3. The van der Waals surface area contributed by atoms with E-state index < -0.39 is 11.9 Å². The number of halogens is 3. The second-order valence-corrected chi connectivity index (χ2v) is 7.67. The van der Waals surface area contributed by atoms with Gasteiger partial charge in [-0.15, -0.1) is 0 Å². The van der Waals surface area contributed by atoms with Crippen LogP contribution in [-0.4, -0.2) is 38.7 Å². The Bertz CT molecular complexity index is 1150. The standard InChI is InChI=1S/C21H22F3N7O.H2S/c1-12-17-18(30(3)13(2)19(32)27-17)28-20(26-12)25-10-14-4-6-15(7-5-14)11-31-9-8-16(29-31)21(22,23)24;/h4-9,13H,10-11H2,1-3H3,(H,27,32)(H,25,26,28);1H2/t13-;/m0./s1. The maximum absolute atomic E-state index is 12.7. The van der Waals surface area contributed by atoms with Crippen molar-refractivity contribution in [3.05, 3.63) is 59.0 Å². The largest absolute Gasteiger partial charge is 0.435 e. The van der Waals surface area contributed by atoms with E-state index in [1.807, 2.05) is 43.1 Å². The molecule has 8 nitrogen and oxygen atoms in total. The molecule has 2 aromatic heterocycles. The number of hydrogen-bond donors (Lipinski definition) is 2. The summed E-state index contributed by atoms with van der Waals surface area (Å²) in [5.74, 6) is 0.994. The number of amides is 1. The van der Waals surface area contributed by atoms with Gasteiger partial charge in [-0.3, -0.25) is 9.48 Å². The molecule has 1 aliphatic heterocycles. The topological polar surface area (TPSA) is 88.0 Å². The summed E-state index contributed by atoms with van der Waals surface area (Å²) in [6.45, 7) is 4.32. The van der Waals surface area contributed by atoms with Crippen molar-refractivity contribution in [2.75, 3.05) is 22.6 Å². The average Bonchev–Trinajstić information content (AvgIpc) is 3.22. The van der Waals surface area contributed by atoms with Crippen molar-refractivity contribution < 1.29 is 18.0 Å². The van der Waals surface area contributed by atoms with Crippen LogP contribution < -0.4 is 15.5 Å². The van der Waals surface area contributed by atoms with Gasteiger partial charge in [-0.25, -0.2) is 4.98 Å². The van der Waals surface area contributed by atoms with E-state index in [9.17, 15) is 18.0 Å². The predicted molar refractivity (Wildman–Crippen MR) is 124 cm³/mol. The first kappa shape index (κ1) is 24.4. The Balaban J connectivity index is 0.00000306. The Morgan fingerprint density at radius 3 is 2.42 bits per heavy atom. The van der Waals surface area contributed by atoms with Crippen LogP contribution in [0.2, 0.25) is 0 Å². The van der Waals surface area contributed by atoms with Gasteiger partial charge >= 0.3 is 6.18 Å². The SMILES string of the molecule is Cc1nc(NCc2ccc(Cn3ccc(C(F)(F)F)n3)cc2)nc2c1NC(=O)[C@H](C)N2C.S. The van der Waals surface area contributed by atoms with Gasteiger partial charge < -0.3 is 15.5 Å². The van der Waals surface area contributed by atoms with E-state index in [2.05, 4.69) is 25.7 Å². The fraction of sp³-hybridized carbons (Fsp3) is 0.333. The Morgan fingerprint density at radius 1 is 1.12 bits per heavy atom. The second kappa shape index (κ2) is 9.30. The number of aromatic nitrogens is 4. The summed E-state index contributed by atoms with van der Waals surface area (Å²) in [6, 6.07) is 8.08. The van der Waals surface area contributed by atoms with Crippen molar-refractivity contribution in [2.45, 2.75) is 39.2 Å². The lowest BCUT2D eigenvalue weighted by Crippen LogP contribution is -2.44. The van der Waals surface area contributed by atoms with Crippen molar-refractivity contribution >= 4 is 36.9 Å². The summed E-state index contributed by atoms with van der Waals surface area (Å²) in [5.41, 5.74) is 2.16. The first-order valence-electron chi connectivity index (χ1n) is 9.96. The fourth-order valence-electron chi connectivity index (χ4n) is 3.36. The van der Waals surface area contributed by atoms with Crippen molar-refractivity contribution in [2.24, 2.45) is 0 Å². The molecular weight excluding hydrogens is 455 g/mol. The molecule has 0 saturated heterocycles. The van der Waals surface area contributed by atoms with Crippen LogP contribution in [0.5, 0.6) is 0 Å². The van der Waals surface area contributed by atoms with E-state index in [0.29, 0.717) is 29.7 Å². The van der Waals surface area contributed by atoms with Crippen LogP contribution in [0.4, 0.5) is 30.6 Å². The molecule has 4 rings (SSSR count). The first-order valence-corrected chi connectivity index (χ1v) is 9.96.